The molecule has 1 rings (SSSR count). The smallest absolute Gasteiger partial charge is 0.321 e. The number of nitrogens with one attached hydrogen (secondary N) is 3. The summed E-state index contributed by atoms with van der Waals surface area (Å²) >= 11 is 0. The van der Waals surface area contributed by atoms with Gasteiger partial charge in [-0.2, -0.15) is 0 Å². The molecule has 1 fully saturated rings. The molecule has 3 N–H and O–H groups in total. The zero-order valence-electron chi connectivity index (χ0n) is 12.4. The van der Waals surface area contributed by atoms with Crippen LogP contribution in [-0.2, 0) is 4.79 Å². The van der Waals surface area contributed by atoms with E-state index >= 15 is 0 Å². The summed E-state index contributed by atoms with van der Waals surface area (Å²) in [5.74, 6) is -0.244. The average Bonchev–Trinajstić information content (AvgIpc) is 2.31. The van der Waals surface area contributed by atoms with Crippen LogP contribution in [0.5, 0.6) is 0 Å². The summed E-state index contributed by atoms with van der Waals surface area (Å²) in [6.07, 6.45) is 2.02. The van der Waals surface area contributed by atoms with Crippen molar-refractivity contribution in [2.75, 3.05) is 26.7 Å². The molecular weight excluding hydrogens is 244 g/mol. The topological polar surface area (TPSA) is 73.5 Å². The van der Waals surface area contributed by atoms with Crippen LogP contribution in [0.25, 0.3) is 0 Å². The third kappa shape index (κ3) is 5.57. The first-order valence-electron chi connectivity index (χ1n) is 6.86. The molecule has 1 aliphatic rings. The molecule has 0 aliphatic carbocycles. The molecule has 1 aliphatic heterocycles. The van der Waals surface area contributed by atoms with Crippen LogP contribution in [0.3, 0.4) is 0 Å². The van der Waals surface area contributed by atoms with Crippen molar-refractivity contribution in [3.63, 3.8) is 0 Å². The second kappa shape index (κ2) is 6.86. The van der Waals surface area contributed by atoms with Crippen molar-refractivity contribution in [1.29, 1.82) is 0 Å². The number of hydrogen-bond donors (Lipinski definition) is 3. The van der Waals surface area contributed by atoms with Crippen LogP contribution in [0.1, 0.15) is 33.6 Å². The van der Waals surface area contributed by atoms with Crippen molar-refractivity contribution >= 4 is 11.9 Å². The van der Waals surface area contributed by atoms with Gasteiger partial charge >= 0.3 is 6.03 Å². The number of carbonyl (C=O) groups is 2. The Morgan fingerprint density at radius 3 is 2.32 bits per heavy atom. The molecule has 0 bridgehead atoms. The van der Waals surface area contributed by atoms with Crippen molar-refractivity contribution in [2.24, 2.45) is 0 Å². The summed E-state index contributed by atoms with van der Waals surface area (Å²) < 4.78 is 0. The predicted octanol–water partition coefficient (Wildman–Crippen LogP) is 0.295. The average molecular weight is 270 g/mol. The van der Waals surface area contributed by atoms with Crippen molar-refractivity contribution in [2.45, 2.75) is 45.2 Å². The van der Waals surface area contributed by atoms with E-state index in [1.807, 2.05) is 20.9 Å². The van der Waals surface area contributed by atoms with Gasteiger partial charge in [-0.25, -0.2) is 4.79 Å². The van der Waals surface area contributed by atoms with Crippen molar-refractivity contribution in [3.8, 4) is 0 Å². The van der Waals surface area contributed by atoms with E-state index in [-0.39, 0.29) is 24.0 Å². The molecule has 0 spiro atoms. The highest BCUT2D eigenvalue weighted by Crippen LogP contribution is 2.20. The van der Waals surface area contributed by atoms with Crippen LogP contribution in [0.4, 0.5) is 4.79 Å². The van der Waals surface area contributed by atoms with E-state index in [1.165, 1.54) is 0 Å². The maximum atomic E-state index is 11.7. The number of carbonyl (C=O) groups excluding carboxylic acids is 2. The number of rotatable bonds is 4. The lowest BCUT2D eigenvalue weighted by Gasteiger charge is -2.38. The number of piperidine rings is 1. The van der Waals surface area contributed by atoms with Crippen LogP contribution in [0, 0.1) is 0 Å². The molecule has 0 unspecified atom stereocenters. The van der Waals surface area contributed by atoms with Gasteiger partial charge in [0.1, 0.15) is 0 Å². The van der Waals surface area contributed by atoms with Gasteiger partial charge < -0.3 is 10.6 Å². The molecule has 110 valence electrons. The first-order valence-corrected chi connectivity index (χ1v) is 6.86. The quantitative estimate of drug-likeness (QED) is 0.687. The largest absolute Gasteiger partial charge is 0.336 e. The Balaban J connectivity index is 2.29. The van der Waals surface area contributed by atoms with E-state index < -0.39 is 6.03 Å². The van der Waals surface area contributed by atoms with E-state index in [1.54, 1.807) is 0 Å². The molecule has 0 aromatic rings. The van der Waals surface area contributed by atoms with Crippen LogP contribution in [0.2, 0.25) is 0 Å². The summed E-state index contributed by atoms with van der Waals surface area (Å²) in [5, 5.41) is 8.30. The third-order valence-corrected chi connectivity index (χ3v) is 3.60. The maximum absolute atomic E-state index is 11.7. The highest BCUT2D eigenvalue weighted by Gasteiger charge is 2.29. The fraction of sp³-hybridized carbons (Fsp3) is 0.846. The lowest BCUT2D eigenvalue weighted by molar-refractivity contribution is -0.121. The summed E-state index contributed by atoms with van der Waals surface area (Å²) in [6, 6.07) is -0.392. The molecule has 3 amide bonds. The standard InChI is InChI=1S/C13H26N4O2/c1-10(2)15-12(19)16-11(18)9-17-7-5-13(3,14-4)6-8-17/h10,14H,5-9H2,1-4H3,(H2,15,16,18,19). The zero-order chi connectivity index (χ0) is 14.5. The Morgan fingerprint density at radius 1 is 1.26 bits per heavy atom. The highest BCUT2D eigenvalue weighted by molar-refractivity contribution is 5.95. The number of imide groups is 1. The van der Waals surface area contributed by atoms with Gasteiger partial charge in [0, 0.05) is 24.7 Å². The molecule has 0 aromatic carbocycles. The Kier molecular flexibility index (Phi) is 5.75. The Morgan fingerprint density at radius 2 is 1.84 bits per heavy atom. The van der Waals surface area contributed by atoms with Gasteiger partial charge in [0.2, 0.25) is 5.91 Å². The van der Waals surface area contributed by atoms with E-state index in [4.69, 9.17) is 0 Å². The molecule has 6 nitrogen and oxygen atoms in total. The number of urea groups is 1. The molecule has 0 radical (unpaired) electrons. The van der Waals surface area contributed by atoms with Crippen molar-refractivity contribution < 1.29 is 9.59 Å². The molecule has 6 heteroatoms. The molecule has 0 aromatic heterocycles. The van der Waals surface area contributed by atoms with Crippen LogP contribution in [0.15, 0.2) is 0 Å². The van der Waals surface area contributed by atoms with E-state index in [9.17, 15) is 9.59 Å². The fourth-order valence-corrected chi connectivity index (χ4v) is 2.12. The van der Waals surface area contributed by atoms with Gasteiger partial charge in [0.05, 0.1) is 6.54 Å². The first-order chi connectivity index (χ1) is 8.84. The predicted molar refractivity (Wildman–Crippen MR) is 74.9 cm³/mol. The van der Waals surface area contributed by atoms with Crippen LogP contribution < -0.4 is 16.0 Å². The van der Waals surface area contributed by atoms with Crippen LogP contribution >= 0.6 is 0 Å². The number of amides is 3. The summed E-state index contributed by atoms with van der Waals surface area (Å²) in [5.41, 5.74) is 0.169. The fourth-order valence-electron chi connectivity index (χ4n) is 2.12. The van der Waals surface area contributed by atoms with Gasteiger partial charge in [-0.15, -0.1) is 0 Å². The molecule has 0 saturated carbocycles. The summed E-state index contributed by atoms with van der Waals surface area (Å²) in [7, 11) is 1.97. The van der Waals surface area contributed by atoms with Gasteiger partial charge in [-0.1, -0.05) is 0 Å². The minimum Gasteiger partial charge on any atom is -0.336 e. The Hall–Kier alpha value is -1.14. The van der Waals surface area contributed by atoms with Gasteiger partial charge in [-0.3, -0.25) is 15.0 Å². The minimum atomic E-state index is -0.419. The minimum absolute atomic E-state index is 0.0270. The molecule has 0 atom stereocenters. The van der Waals surface area contributed by atoms with E-state index in [0.717, 1.165) is 25.9 Å². The number of likely N-dealkylation sites (tertiary alicyclic amines) is 1. The van der Waals surface area contributed by atoms with E-state index in [2.05, 4.69) is 27.8 Å². The van der Waals surface area contributed by atoms with Gasteiger partial charge in [-0.05, 0) is 40.7 Å². The molecular formula is C13H26N4O2. The summed E-state index contributed by atoms with van der Waals surface area (Å²) in [4.78, 5) is 25.2. The number of hydrogen-bond acceptors (Lipinski definition) is 4. The lowest BCUT2D eigenvalue weighted by atomic mass is 9.90. The van der Waals surface area contributed by atoms with Gasteiger partial charge in [0.25, 0.3) is 0 Å². The van der Waals surface area contributed by atoms with E-state index in [0.29, 0.717) is 0 Å². The Bertz CT molecular complexity index is 323. The molecule has 1 saturated heterocycles. The normalized spacial score (nSPS) is 19.2. The number of nitrogens with zero attached hydrogens (tertiary/aromatic N) is 1. The second-order valence-electron chi connectivity index (χ2n) is 5.76. The monoisotopic (exact) mass is 270 g/mol. The second-order valence-corrected chi connectivity index (χ2v) is 5.76. The first kappa shape index (κ1) is 15.9. The highest BCUT2D eigenvalue weighted by atomic mass is 16.2. The maximum Gasteiger partial charge on any atom is 0.321 e. The third-order valence-electron chi connectivity index (χ3n) is 3.60. The SMILES string of the molecule is CNC1(C)CCN(CC(=O)NC(=O)NC(C)C)CC1. The Labute approximate surface area is 115 Å². The van der Waals surface area contributed by atoms with Gasteiger partial charge in [0.15, 0.2) is 0 Å². The lowest BCUT2D eigenvalue weighted by Crippen LogP contribution is -2.52. The zero-order valence-corrected chi connectivity index (χ0v) is 12.4. The summed E-state index contributed by atoms with van der Waals surface area (Å²) in [6.45, 7) is 7.93. The van der Waals surface area contributed by atoms with Crippen molar-refractivity contribution in [3.05, 3.63) is 0 Å². The van der Waals surface area contributed by atoms with Crippen molar-refractivity contribution in [1.82, 2.24) is 20.9 Å². The molecule has 19 heavy (non-hydrogen) atoms. The molecule has 1 heterocycles. The van der Waals surface area contributed by atoms with Crippen LogP contribution in [-0.4, -0.2) is 55.1 Å².